The first-order valence-corrected chi connectivity index (χ1v) is 19.7. The fourth-order valence-electron chi connectivity index (χ4n) is 4.74. The zero-order valence-electron chi connectivity index (χ0n) is 32.1. The molecule has 0 radical (unpaired) electrons. The zero-order valence-corrected chi connectivity index (χ0v) is 32.1. The lowest BCUT2D eigenvalue weighted by molar-refractivity contribution is -0.141. The number of carbonyl (C=O) groups is 1. The summed E-state index contributed by atoms with van der Waals surface area (Å²) in [5.41, 5.74) is 0. The number of carbonyl (C=O) groups excluding carboxylic acids is 1. The van der Waals surface area contributed by atoms with Crippen LogP contribution in [-0.4, -0.2) is 145 Å². The highest BCUT2D eigenvalue weighted by atomic mass is 16.6. The number of hydrogen-bond donors (Lipinski definition) is 0. The molecule has 12 heteroatoms. The SMILES string of the molecule is CCCCCCCCCCCCCCCCOCCOCCOCCOCCOCCOCCOCCOCCOCCOCCC(=O)OC. The van der Waals surface area contributed by atoms with Crippen molar-refractivity contribution in [3.05, 3.63) is 0 Å². The topological polar surface area (TPSA) is 119 Å². The second kappa shape index (κ2) is 46.1. The van der Waals surface area contributed by atoms with Gasteiger partial charge in [0, 0.05) is 6.61 Å². The van der Waals surface area contributed by atoms with E-state index in [2.05, 4.69) is 11.7 Å². The summed E-state index contributed by atoms with van der Waals surface area (Å²) in [6.07, 6.45) is 19.5. The molecule has 0 heterocycles. The summed E-state index contributed by atoms with van der Waals surface area (Å²) in [6.45, 7) is 12.8. The van der Waals surface area contributed by atoms with Gasteiger partial charge in [-0.3, -0.25) is 4.79 Å². The maximum atomic E-state index is 10.9. The molecule has 0 fully saturated rings. The molecule has 0 rings (SSSR count). The van der Waals surface area contributed by atoms with Crippen LogP contribution in [0.1, 0.15) is 103 Å². The van der Waals surface area contributed by atoms with Gasteiger partial charge >= 0.3 is 5.97 Å². The molecule has 0 aromatic rings. The van der Waals surface area contributed by atoms with Crippen LogP contribution in [0.2, 0.25) is 0 Å². The minimum absolute atomic E-state index is 0.249. The van der Waals surface area contributed by atoms with Crippen molar-refractivity contribution in [3.8, 4) is 0 Å². The van der Waals surface area contributed by atoms with Gasteiger partial charge < -0.3 is 52.1 Å². The van der Waals surface area contributed by atoms with E-state index in [-0.39, 0.29) is 12.4 Å². The second-order valence-electron chi connectivity index (χ2n) is 12.0. The molecule has 0 unspecified atom stereocenters. The highest BCUT2D eigenvalue weighted by Gasteiger charge is 2.00. The molecule has 0 aliphatic carbocycles. The molecule has 50 heavy (non-hydrogen) atoms. The quantitative estimate of drug-likeness (QED) is 0.0526. The van der Waals surface area contributed by atoms with Crippen LogP contribution in [0.4, 0.5) is 0 Å². The summed E-state index contributed by atoms with van der Waals surface area (Å²) in [5, 5.41) is 0. The van der Waals surface area contributed by atoms with Crippen LogP contribution in [-0.2, 0) is 56.9 Å². The van der Waals surface area contributed by atoms with Gasteiger partial charge in [0.1, 0.15) is 0 Å². The van der Waals surface area contributed by atoms with Crippen LogP contribution in [0.15, 0.2) is 0 Å². The average Bonchev–Trinajstić information content (AvgIpc) is 3.13. The number of hydrogen-bond acceptors (Lipinski definition) is 12. The third kappa shape index (κ3) is 45.1. The number of rotatable bonds is 45. The lowest BCUT2D eigenvalue weighted by atomic mass is 10.0. The first-order valence-electron chi connectivity index (χ1n) is 19.7. The molecule has 0 aromatic carbocycles. The Kier molecular flexibility index (Phi) is 45.2. The predicted octanol–water partition coefficient (Wildman–Crippen LogP) is 6.20. The number of ether oxygens (including phenoxy) is 11. The molecule has 0 N–H and O–H groups in total. The van der Waals surface area contributed by atoms with E-state index in [1.54, 1.807) is 0 Å². The molecule has 0 saturated carbocycles. The molecule has 0 aliphatic heterocycles. The Balaban J connectivity index is 3.05. The third-order valence-electron chi connectivity index (χ3n) is 7.67. The summed E-state index contributed by atoms with van der Waals surface area (Å²) in [6, 6.07) is 0. The van der Waals surface area contributed by atoms with Gasteiger partial charge in [0.05, 0.1) is 139 Å². The average molecular weight is 725 g/mol. The molecule has 0 saturated heterocycles. The molecule has 0 aromatic heterocycles. The molecule has 0 bridgehead atoms. The van der Waals surface area contributed by atoms with E-state index in [1.165, 1.54) is 90.6 Å². The van der Waals surface area contributed by atoms with Crippen molar-refractivity contribution in [2.75, 3.05) is 139 Å². The van der Waals surface area contributed by atoms with Gasteiger partial charge in [0.2, 0.25) is 0 Å². The normalized spacial score (nSPS) is 11.5. The molecular weight excluding hydrogens is 648 g/mol. The van der Waals surface area contributed by atoms with E-state index in [0.717, 1.165) is 13.0 Å². The monoisotopic (exact) mass is 725 g/mol. The molecule has 0 amide bonds. The molecule has 0 atom stereocenters. The Morgan fingerprint density at radius 1 is 0.300 bits per heavy atom. The standard InChI is InChI=1S/C38H76O12/c1-3-4-5-6-7-8-9-10-11-12-13-14-15-16-18-41-20-22-43-24-26-45-28-30-47-32-34-49-36-37-50-35-33-48-31-29-46-27-25-44-23-21-42-19-17-38(39)40-2/h3-37H2,1-2H3. The largest absolute Gasteiger partial charge is 0.469 e. The van der Waals surface area contributed by atoms with E-state index < -0.39 is 0 Å². The summed E-state index contributed by atoms with van der Waals surface area (Å²) in [7, 11) is 1.36. The number of esters is 1. The van der Waals surface area contributed by atoms with Gasteiger partial charge in [-0.1, -0.05) is 90.4 Å². The summed E-state index contributed by atoms with van der Waals surface area (Å²) in [4.78, 5) is 10.9. The van der Waals surface area contributed by atoms with Crippen LogP contribution in [0.25, 0.3) is 0 Å². The number of methoxy groups -OCH3 is 1. The maximum absolute atomic E-state index is 10.9. The fraction of sp³-hybridized carbons (Fsp3) is 0.974. The molecule has 300 valence electrons. The van der Waals surface area contributed by atoms with Gasteiger partial charge in [0.25, 0.3) is 0 Å². The third-order valence-corrected chi connectivity index (χ3v) is 7.67. The predicted molar refractivity (Wildman–Crippen MR) is 195 cm³/mol. The minimum atomic E-state index is -0.281. The summed E-state index contributed by atoms with van der Waals surface area (Å²) < 4.78 is 59.3. The van der Waals surface area contributed by atoms with Crippen LogP contribution in [0.3, 0.4) is 0 Å². The molecular formula is C38H76O12. The van der Waals surface area contributed by atoms with Crippen LogP contribution >= 0.6 is 0 Å². The van der Waals surface area contributed by atoms with Crippen LogP contribution < -0.4 is 0 Å². The van der Waals surface area contributed by atoms with Crippen molar-refractivity contribution in [1.29, 1.82) is 0 Å². The van der Waals surface area contributed by atoms with E-state index in [9.17, 15) is 4.79 Å². The fourth-order valence-corrected chi connectivity index (χ4v) is 4.74. The first-order chi connectivity index (χ1) is 24.8. The first kappa shape index (κ1) is 49.1. The Hall–Kier alpha value is -0.930. The van der Waals surface area contributed by atoms with Gasteiger partial charge in [-0.2, -0.15) is 0 Å². The lowest BCUT2D eigenvalue weighted by Crippen LogP contribution is -2.15. The van der Waals surface area contributed by atoms with Crippen molar-refractivity contribution in [2.45, 2.75) is 103 Å². The van der Waals surface area contributed by atoms with Crippen molar-refractivity contribution >= 4 is 5.97 Å². The smallest absolute Gasteiger partial charge is 0.307 e. The van der Waals surface area contributed by atoms with Gasteiger partial charge in [-0.25, -0.2) is 0 Å². The number of unbranched alkanes of at least 4 members (excludes halogenated alkanes) is 13. The highest BCUT2D eigenvalue weighted by molar-refractivity contribution is 5.69. The van der Waals surface area contributed by atoms with Crippen molar-refractivity contribution < 1.29 is 56.9 Å². The van der Waals surface area contributed by atoms with Crippen molar-refractivity contribution in [1.82, 2.24) is 0 Å². The van der Waals surface area contributed by atoms with E-state index >= 15 is 0 Å². The Morgan fingerprint density at radius 2 is 0.520 bits per heavy atom. The van der Waals surface area contributed by atoms with Gasteiger partial charge in [-0.15, -0.1) is 0 Å². The van der Waals surface area contributed by atoms with Crippen LogP contribution in [0.5, 0.6) is 0 Å². The minimum Gasteiger partial charge on any atom is -0.469 e. The van der Waals surface area contributed by atoms with E-state index in [1.807, 2.05) is 0 Å². The summed E-state index contributed by atoms with van der Waals surface area (Å²) in [5.74, 6) is -0.281. The Labute approximate surface area is 305 Å². The molecule has 0 aliphatic rings. The molecule has 0 spiro atoms. The molecule has 12 nitrogen and oxygen atoms in total. The van der Waals surface area contributed by atoms with E-state index in [0.29, 0.717) is 126 Å². The van der Waals surface area contributed by atoms with Gasteiger partial charge in [0.15, 0.2) is 0 Å². The van der Waals surface area contributed by atoms with Crippen molar-refractivity contribution in [2.24, 2.45) is 0 Å². The Morgan fingerprint density at radius 3 is 0.780 bits per heavy atom. The van der Waals surface area contributed by atoms with Crippen molar-refractivity contribution in [3.63, 3.8) is 0 Å². The Bertz CT molecular complexity index is 629. The maximum Gasteiger partial charge on any atom is 0.307 e. The lowest BCUT2D eigenvalue weighted by Gasteiger charge is -2.09. The van der Waals surface area contributed by atoms with Crippen LogP contribution in [0, 0.1) is 0 Å². The van der Waals surface area contributed by atoms with E-state index in [4.69, 9.17) is 47.4 Å². The highest BCUT2D eigenvalue weighted by Crippen LogP contribution is 2.13. The summed E-state index contributed by atoms with van der Waals surface area (Å²) >= 11 is 0. The van der Waals surface area contributed by atoms with Gasteiger partial charge in [-0.05, 0) is 6.42 Å². The zero-order chi connectivity index (χ0) is 36.1. The second-order valence-corrected chi connectivity index (χ2v) is 12.0.